The lowest BCUT2D eigenvalue weighted by molar-refractivity contribution is -0.114. The molecular weight excluding hydrogens is 436 g/mol. The molecule has 0 spiro atoms. The minimum Gasteiger partial charge on any atom is -0.485 e. The molecule has 1 amide bonds. The molecular formula is C24H26N6O4. The topological polar surface area (TPSA) is 112 Å². The van der Waals surface area contributed by atoms with Crippen LogP contribution in [0.4, 0.5) is 11.5 Å². The number of nitrogens with zero attached hydrogens (tertiary/aromatic N) is 5. The Balaban J connectivity index is 1.35. The SMILES string of the molecule is COc1ccc(NC(=O)CN(C)c2nc(-c3cc(OC4COC4)ccn3)nc3c2CCC3)cn1. The van der Waals surface area contributed by atoms with Gasteiger partial charge >= 0.3 is 0 Å². The van der Waals surface area contributed by atoms with Crippen LogP contribution in [0, 0.1) is 0 Å². The lowest BCUT2D eigenvalue weighted by Crippen LogP contribution is -2.38. The van der Waals surface area contributed by atoms with Crippen molar-refractivity contribution < 1.29 is 19.0 Å². The first-order chi connectivity index (χ1) is 16.6. The molecule has 3 aromatic heterocycles. The van der Waals surface area contributed by atoms with Crippen molar-refractivity contribution in [3.8, 4) is 23.1 Å². The van der Waals surface area contributed by atoms with Gasteiger partial charge in [0.15, 0.2) is 5.82 Å². The number of fused-ring (bicyclic) bond motifs is 1. The normalized spacial score (nSPS) is 14.8. The van der Waals surface area contributed by atoms with E-state index in [1.165, 1.54) is 0 Å². The summed E-state index contributed by atoms with van der Waals surface area (Å²) in [6, 6.07) is 7.12. The Hall–Kier alpha value is -3.79. The number of carbonyl (C=O) groups is 1. The van der Waals surface area contributed by atoms with Crippen molar-refractivity contribution in [1.82, 2.24) is 19.9 Å². The summed E-state index contributed by atoms with van der Waals surface area (Å²) in [7, 11) is 3.41. The van der Waals surface area contributed by atoms with Crippen LogP contribution < -0.4 is 19.7 Å². The van der Waals surface area contributed by atoms with E-state index in [4.69, 9.17) is 24.2 Å². The fourth-order valence-electron chi connectivity index (χ4n) is 3.99. The molecule has 10 heteroatoms. The van der Waals surface area contributed by atoms with Gasteiger partial charge in [0.05, 0.1) is 38.8 Å². The molecule has 3 aromatic rings. The maximum atomic E-state index is 12.7. The number of anilines is 2. The van der Waals surface area contributed by atoms with E-state index in [-0.39, 0.29) is 18.6 Å². The monoisotopic (exact) mass is 462 g/mol. The number of amides is 1. The van der Waals surface area contributed by atoms with E-state index in [0.29, 0.717) is 42.0 Å². The lowest BCUT2D eigenvalue weighted by atomic mass is 10.2. The lowest BCUT2D eigenvalue weighted by Gasteiger charge is -2.26. The van der Waals surface area contributed by atoms with E-state index >= 15 is 0 Å². The van der Waals surface area contributed by atoms with Gasteiger partial charge in [-0.1, -0.05) is 0 Å². The smallest absolute Gasteiger partial charge is 0.243 e. The van der Waals surface area contributed by atoms with E-state index in [0.717, 1.165) is 36.3 Å². The second-order valence-corrected chi connectivity index (χ2v) is 8.30. The largest absolute Gasteiger partial charge is 0.485 e. The van der Waals surface area contributed by atoms with Gasteiger partial charge in [0.25, 0.3) is 0 Å². The Kier molecular flexibility index (Phi) is 6.22. The molecule has 4 heterocycles. The molecule has 0 atom stereocenters. The van der Waals surface area contributed by atoms with Gasteiger partial charge in [-0.05, 0) is 31.4 Å². The first kappa shape index (κ1) is 22.0. The van der Waals surface area contributed by atoms with E-state index in [2.05, 4.69) is 15.3 Å². The van der Waals surface area contributed by atoms with Gasteiger partial charge in [-0.2, -0.15) is 0 Å². The summed E-state index contributed by atoms with van der Waals surface area (Å²) in [5, 5.41) is 2.86. The molecule has 1 aliphatic heterocycles. The van der Waals surface area contributed by atoms with E-state index < -0.39 is 0 Å². The molecule has 1 fully saturated rings. The molecule has 1 aliphatic carbocycles. The number of hydrogen-bond donors (Lipinski definition) is 1. The predicted molar refractivity (Wildman–Crippen MR) is 125 cm³/mol. The fraction of sp³-hybridized carbons (Fsp3) is 0.375. The van der Waals surface area contributed by atoms with Crippen LogP contribution in [-0.2, 0) is 22.4 Å². The zero-order valence-corrected chi connectivity index (χ0v) is 19.2. The van der Waals surface area contributed by atoms with Gasteiger partial charge in [-0.3, -0.25) is 9.78 Å². The van der Waals surface area contributed by atoms with E-state index in [1.54, 1.807) is 31.6 Å². The number of aryl methyl sites for hydroxylation is 1. The standard InChI is InChI=1S/C24H26N6O4/c1-30(12-21(31)27-15-6-7-22(32-2)26-11-15)24-18-4-3-5-19(18)28-23(29-24)20-10-16(8-9-25-20)34-17-13-33-14-17/h6-11,17H,3-5,12-14H2,1-2H3,(H,27,31). The van der Waals surface area contributed by atoms with Crippen molar-refractivity contribution in [3.05, 3.63) is 47.9 Å². The van der Waals surface area contributed by atoms with Crippen LogP contribution in [0.1, 0.15) is 17.7 Å². The average Bonchev–Trinajstić information content (AvgIpc) is 3.30. The predicted octanol–water partition coefficient (Wildman–Crippen LogP) is 2.28. The van der Waals surface area contributed by atoms with Crippen LogP contribution in [0.25, 0.3) is 11.5 Å². The van der Waals surface area contributed by atoms with Crippen LogP contribution >= 0.6 is 0 Å². The Morgan fingerprint density at radius 2 is 2.09 bits per heavy atom. The number of carbonyl (C=O) groups excluding carboxylic acids is 1. The average molecular weight is 463 g/mol. The van der Waals surface area contributed by atoms with Gasteiger partial charge in [-0.15, -0.1) is 0 Å². The number of aromatic nitrogens is 4. The number of likely N-dealkylation sites (N-methyl/N-ethyl adjacent to an activating group) is 1. The summed E-state index contributed by atoms with van der Waals surface area (Å²) in [6.45, 7) is 1.32. The zero-order valence-electron chi connectivity index (χ0n) is 19.2. The van der Waals surface area contributed by atoms with Crippen LogP contribution in [0.2, 0.25) is 0 Å². The van der Waals surface area contributed by atoms with Crippen molar-refractivity contribution in [3.63, 3.8) is 0 Å². The Morgan fingerprint density at radius 3 is 2.82 bits per heavy atom. The third-order valence-corrected chi connectivity index (χ3v) is 5.75. The van der Waals surface area contributed by atoms with Crippen molar-refractivity contribution >= 4 is 17.4 Å². The highest BCUT2D eigenvalue weighted by Gasteiger charge is 2.24. The first-order valence-electron chi connectivity index (χ1n) is 11.2. The molecule has 176 valence electrons. The molecule has 0 saturated carbocycles. The van der Waals surface area contributed by atoms with Crippen molar-refractivity contribution in [2.75, 3.05) is 44.1 Å². The Labute approximate surface area is 197 Å². The van der Waals surface area contributed by atoms with Crippen molar-refractivity contribution in [1.29, 1.82) is 0 Å². The molecule has 5 rings (SSSR count). The van der Waals surface area contributed by atoms with E-state index in [9.17, 15) is 4.79 Å². The number of methoxy groups -OCH3 is 1. The molecule has 0 unspecified atom stereocenters. The molecule has 1 N–H and O–H groups in total. The third kappa shape index (κ3) is 4.76. The zero-order chi connectivity index (χ0) is 23.5. The highest BCUT2D eigenvalue weighted by atomic mass is 16.6. The maximum Gasteiger partial charge on any atom is 0.243 e. The molecule has 2 aliphatic rings. The van der Waals surface area contributed by atoms with E-state index in [1.807, 2.05) is 24.1 Å². The van der Waals surface area contributed by atoms with Crippen molar-refractivity contribution in [2.24, 2.45) is 0 Å². The summed E-state index contributed by atoms with van der Waals surface area (Å²) < 4.78 is 16.1. The van der Waals surface area contributed by atoms with Crippen LogP contribution in [0.5, 0.6) is 11.6 Å². The number of ether oxygens (including phenoxy) is 3. The summed E-state index contributed by atoms with van der Waals surface area (Å²) in [6.07, 6.45) is 6.10. The molecule has 0 radical (unpaired) electrons. The molecule has 34 heavy (non-hydrogen) atoms. The summed E-state index contributed by atoms with van der Waals surface area (Å²) in [4.78, 5) is 32.7. The number of rotatable bonds is 8. The second kappa shape index (κ2) is 9.60. The Bertz CT molecular complexity index is 1180. The molecule has 0 aromatic carbocycles. The van der Waals surface area contributed by atoms with Gasteiger partial charge < -0.3 is 24.4 Å². The molecule has 1 saturated heterocycles. The van der Waals surface area contributed by atoms with Gasteiger partial charge in [0.2, 0.25) is 11.8 Å². The highest BCUT2D eigenvalue weighted by Crippen LogP contribution is 2.31. The van der Waals surface area contributed by atoms with Crippen LogP contribution in [-0.4, -0.2) is 65.9 Å². The highest BCUT2D eigenvalue weighted by molar-refractivity contribution is 5.93. The molecule has 0 bridgehead atoms. The minimum atomic E-state index is -0.169. The number of pyridine rings is 2. The third-order valence-electron chi connectivity index (χ3n) is 5.75. The van der Waals surface area contributed by atoms with Gasteiger partial charge in [-0.25, -0.2) is 15.0 Å². The van der Waals surface area contributed by atoms with Crippen LogP contribution in [0.15, 0.2) is 36.7 Å². The first-order valence-corrected chi connectivity index (χ1v) is 11.2. The van der Waals surface area contributed by atoms with Gasteiger partial charge in [0.1, 0.15) is 23.4 Å². The van der Waals surface area contributed by atoms with Crippen molar-refractivity contribution in [2.45, 2.75) is 25.4 Å². The van der Waals surface area contributed by atoms with Gasteiger partial charge in [0, 0.05) is 36.6 Å². The number of hydrogen-bond acceptors (Lipinski definition) is 9. The maximum absolute atomic E-state index is 12.7. The minimum absolute atomic E-state index is 0.0669. The second-order valence-electron chi connectivity index (χ2n) is 8.30. The molecule has 10 nitrogen and oxygen atoms in total. The number of nitrogens with one attached hydrogen (secondary N) is 1. The quantitative estimate of drug-likeness (QED) is 0.539. The Morgan fingerprint density at radius 1 is 1.21 bits per heavy atom. The summed E-state index contributed by atoms with van der Waals surface area (Å²) >= 11 is 0. The summed E-state index contributed by atoms with van der Waals surface area (Å²) in [5.74, 6) is 2.31. The van der Waals surface area contributed by atoms with Crippen LogP contribution in [0.3, 0.4) is 0 Å². The summed E-state index contributed by atoms with van der Waals surface area (Å²) in [5.41, 5.74) is 3.33. The fourth-order valence-corrected chi connectivity index (χ4v) is 3.99.